The molecule has 0 aliphatic carbocycles. The molecule has 0 radical (unpaired) electrons. The van der Waals surface area contributed by atoms with Crippen molar-refractivity contribution in [2.75, 3.05) is 12.9 Å². The van der Waals surface area contributed by atoms with E-state index in [1.165, 1.54) is 5.56 Å². The van der Waals surface area contributed by atoms with Gasteiger partial charge in [-0.15, -0.1) is 0 Å². The van der Waals surface area contributed by atoms with Gasteiger partial charge in [-0.05, 0) is 36.6 Å². The van der Waals surface area contributed by atoms with Gasteiger partial charge >= 0.3 is 0 Å². The van der Waals surface area contributed by atoms with E-state index in [0.29, 0.717) is 12.5 Å². The van der Waals surface area contributed by atoms with Crippen molar-refractivity contribution in [2.45, 2.75) is 31.6 Å². The molecular formula is C12H18O2S. The van der Waals surface area contributed by atoms with Crippen molar-refractivity contribution in [3.8, 4) is 5.75 Å². The molecular weight excluding hydrogens is 208 g/mol. The van der Waals surface area contributed by atoms with Crippen LogP contribution in [0, 0.1) is 0 Å². The maximum absolute atomic E-state index is 11.4. The molecule has 0 spiro atoms. The molecule has 0 saturated carbocycles. The normalized spacial score (nSPS) is 12.9. The first-order valence-electron chi connectivity index (χ1n) is 5.15. The summed E-state index contributed by atoms with van der Waals surface area (Å²) in [5.41, 5.74) is 1.17. The minimum atomic E-state index is -0.950. The molecule has 0 saturated heterocycles. The van der Waals surface area contributed by atoms with E-state index in [4.69, 9.17) is 4.74 Å². The zero-order valence-electron chi connectivity index (χ0n) is 9.74. The Bertz CT molecular complexity index is 359. The molecule has 0 N–H and O–H groups in total. The summed E-state index contributed by atoms with van der Waals surface area (Å²) in [5, 5.41) is 0. The summed E-state index contributed by atoms with van der Waals surface area (Å²) >= 11 is 0. The van der Waals surface area contributed by atoms with Crippen molar-refractivity contribution in [1.29, 1.82) is 0 Å². The molecule has 1 atom stereocenters. The third kappa shape index (κ3) is 3.34. The van der Waals surface area contributed by atoms with Gasteiger partial charge in [-0.25, -0.2) is 0 Å². The molecule has 15 heavy (non-hydrogen) atoms. The summed E-state index contributed by atoms with van der Waals surface area (Å²) in [6, 6.07) is 5.86. The second-order valence-corrected chi connectivity index (χ2v) is 5.16. The van der Waals surface area contributed by atoms with Gasteiger partial charge in [0.05, 0.1) is 6.61 Å². The fourth-order valence-electron chi connectivity index (χ4n) is 1.34. The van der Waals surface area contributed by atoms with Gasteiger partial charge in [0, 0.05) is 22.0 Å². The standard InChI is InChI=1S/C12H18O2S/c1-5-14-11-6-10(9(2)3)7-12(8-11)15(4)13/h6-9H,5H2,1-4H3. The lowest BCUT2D eigenvalue weighted by molar-refractivity contribution is 0.339. The first kappa shape index (κ1) is 12.2. The van der Waals surface area contributed by atoms with Gasteiger partial charge in [0.25, 0.3) is 0 Å². The van der Waals surface area contributed by atoms with E-state index in [0.717, 1.165) is 10.6 Å². The van der Waals surface area contributed by atoms with Gasteiger partial charge in [-0.2, -0.15) is 0 Å². The van der Waals surface area contributed by atoms with E-state index in [2.05, 4.69) is 13.8 Å². The lowest BCUT2D eigenvalue weighted by Gasteiger charge is -2.11. The van der Waals surface area contributed by atoms with Crippen LogP contribution in [-0.4, -0.2) is 17.1 Å². The fourth-order valence-corrected chi connectivity index (χ4v) is 1.93. The third-order valence-electron chi connectivity index (χ3n) is 2.21. The molecule has 0 fully saturated rings. The third-order valence-corrected chi connectivity index (χ3v) is 3.11. The number of hydrogen-bond acceptors (Lipinski definition) is 2. The van der Waals surface area contributed by atoms with Crippen LogP contribution >= 0.6 is 0 Å². The Labute approximate surface area is 94.1 Å². The Hall–Kier alpha value is -0.830. The molecule has 84 valence electrons. The lowest BCUT2D eigenvalue weighted by atomic mass is 10.0. The van der Waals surface area contributed by atoms with Crippen LogP contribution in [0.1, 0.15) is 32.3 Å². The van der Waals surface area contributed by atoms with E-state index < -0.39 is 10.8 Å². The smallest absolute Gasteiger partial charge is 0.120 e. The fraction of sp³-hybridized carbons (Fsp3) is 0.500. The maximum Gasteiger partial charge on any atom is 0.120 e. The molecule has 0 aromatic heterocycles. The zero-order chi connectivity index (χ0) is 11.4. The highest BCUT2D eigenvalue weighted by molar-refractivity contribution is 7.84. The van der Waals surface area contributed by atoms with Crippen LogP contribution < -0.4 is 4.74 Å². The van der Waals surface area contributed by atoms with Crippen molar-refractivity contribution >= 4 is 10.8 Å². The lowest BCUT2D eigenvalue weighted by Crippen LogP contribution is -1.97. The minimum absolute atomic E-state index is 0.424. The summed E-state index contributed by atoms with van der Waals surface area (Å²) in [6.07, 6.45) is 1.69. The van der Waals surface area contributed by atoms with Gasteiger partial charge in [0.2, 0.25) is 0 Å². The van der Waals surface area contributed by atoms with E-state index in [1.54, 1.807) is 6.26 Å². The predicted octanol–water partition coefficient (Wildman–Crippen LogP) is 2.95. The monoisotopic (exact) mass is 226 g/mol. The number of hydrogen-bond donors (Lipinski definition) is 0. The van der Waals surface area contributed by atoms with Crippen molar-refractivity contribution in [3.05, 3.63) is 23.8 Å². The summed E-state index contributed by atoms with van der Waals surface area (Å²) in [4.78, 5) is 0.838. The predicted molar refractivity (Wildman–Crippen MR) is 64.0 cm³/mol. The molecule has 3 heteroatoms. The van der Waals surface area contributed by atoms with Crippen molar-refractivity contribution in [3.63, 3.8) is 0 Å². The molecule has 0 amide bonds. The number of ether oxygens (including phenoxy) is 1. The summed E-state index contributed by atoms with van der Waals surface area (Å²) in [5.74, 6) is 1.24. The highest BCUT2D eigenvalue weighted by Gasteiger charge is 2.07. The zero-order valence-corrected chi connectivity index (χ0v) is 10.6. The number of benzene rings is 1. The van der Waals surface area contributed by atoms with E-state index >= 15 is 0 Å². The molecule has 1 aromatic rings. The summed E-state index contributed by atoms with van der Waals surface area (Å²) in [7, 11) is -0.950. The van der Waals surface area contributed by atoms with Crippen LogP contribution in [0.3, 0.4) is 0 Å². The van der Waals surface area contributed by atoms with Gasteiger partial charge < -0.3 is 4.74 Å². The molecule has 1 unspecified atom stereocenters. The molecule has 2 nitrogen and oxygen atoms in total. The topological polar surface area (TPSA) is 26.3 Å². The maximum atomic E-state index is 11.4. The summed E-state index contributed by atoms with van der Waals surface area (Å²) < 4.78 is 16.9. The van der Waals surface area contributed by atoms with E-state index in [9.17, 15) is 4.21 Å². The molecule has 0 aliphatic rings. The van der Waals surface area contributed by atoms with Crippen LogP contribution in [0.25, 0.3) is 0 Å². The first-order valence-corrected chi connectivity index (χ1v) is 6.71. The Balaban J connectivity index is 3.14. The highest BCUT2D eigenvalue weighted by atomic mass is 32.2. The van der Waals surface area contributed by atoms with Gasteiger partial charge in [-0.3, -0.25) is 4.21 Å². The van der Waals surface area contributed by atoms with Crippen LogP contribution in [0.4, 0.5) is 0 Å². The Morgan fingerprint density at radius 1 is 1.33 bits per heavy atom. The Morgan fingerprint density at radius 2 is 2.00 bits per heavy atom. The van der Waals surface area contributed by atoms with E-state index in [-0.39, 0.29) is 0 Å². The van der Waals surface area contributed by atoms with Gasteiger partial charge in [-0.1, -0.05) is 13.8 Å². The van der Waals surface area contributed by atoms with Crippen LogP contribution in [0.2, 0.25) is 0 Å². The SMILES string of the molecule is CCOc1cc(C(C)C)cc(S(C)=O)c1. The minimum Gasteiger partial charge on any atom is -0.494 e. The van der Waals surface area contributed by atoms with Crippen molar-refractivity contribution in [2.24, 2.45) is 0 Å². The second-order valence-electron chi connectivity index (χ2n) is 3.78. The quantitative estimate of drug-likeness (QED) is 0.789. The molecule has 1 aromatic carbocycles. The van der Waals surface area contributed by atoms with Crippen molar-refractivity contribution < 1.29 is 8.95 Å². The van der Waals surface area contributed by atoms with Gasteiger partial charge in [0.15, 0.2) is 0 Å². The molecule has 0 aliphatic heterocycles. The molecule has 0 heterocycles. The van der Waals surface area contributed by atoms with Crippen LogP contribution in [0.5, 0.6) is 5.75 Å². The van der Waals surface area contributed by atoms with Crippen molar-refractivity contribution in [1.82, 2.24) is 0 Å². The molecule has 1 rings (SSSR count). The Morgan fingerprint density at radius 3 is 2.47 bits per heavy atom. The second kappa shape index (κ2) is 5.31. The molecule has 0 bridgehead atoms. The van der Waals surface area contributed by atoms with E-state index in [1.807, 2.05) is 25.1 Å². The first-order chi connectivity index (χ1) is 7.04. The Kier molecular flexibility index (Phi) is 4.33. The average molecular weight is 226 g/mol. The van der Waals surface area contributed by atoms with Gasteiger partial charge in [0.1, 0.15) is 5.75 Å². The number of rotatable bonds is 4. The van der Waals surface area contributed by atoms with Crippen LogP contribution in [0.15, 0.2) is 23.1 Å². The largest absolute Gasteiger partial charge is 0.494 e. The summed E-state index contributed by atoms with van der Waals surface area (Å²) in [6.45, 7) is 6.82. The van der Waals surface area contributed by atoms with Crippen LogP contribution in [-0.2, 0) is 10.8 Å². The highest BCUT2D eigenvalue weighted by Crippen LogP contribution is 2.24. The average Bonchev–Trinajstić information content (AvgIpc) is 2.17.